The van der Waals surface area contributed by atoms with Crippen LogP contribution in [0.2, 0.25) is 0 Å². The molecular formula is C12H24N4O3. The van der Waals surface area contributed by atoms with Crippen LogP contribution in [0.3, 0.4) is 0 Å². The largest absolute Gasteiger partial charge is 0.409 e. The first kappa shape index (κ1) is 17.2. The zero-order valence-electron chi connectivity index (χ0n) is 11.6. The summed E-state index contributed by atoms with van der Waals surface area (Å²) in [6.07, 6.45) is 2.50. The molecule has 0 aromatic heterocycles. The minimum atomic E-state index is -0.974. The van der Waals surface area contributed by atoms with Gasteiger partial charge in [-0.3, -0.25) is 9.59 Å². The maximum atomic E-state index is 12.1. The first-order valence-electron chi connectivity index (χ1n) is 6.49. The number of nitrogens with zero attached hydrogens (tertiary/aromatic N) is 1. The smallest absolute Gasteiger partial charge is 0.233 e. The maximum absolute atomic E-state index is 12.1. The second-order valence-corrected chi connectivity index (χ2v) is 4.45. The molecule has 0 fully saturated rings. The van der Waals surface area contributed by atoms with Gasteiger partial charge in [0.15, 0.2) is 5.84 Å². The Balaban J connectivity index is 4.39. The van der Waals surface area contributed by atoms with E-state index in [4.69, 9.17) is 16.7 Å². The lowest BCUT2D eigenvalue weighted by molar-refractivity contribution is -0.128. The van der Waals surface area contributed by atoms with Crippen molar-refractivity contribution in [3.8, 4) is 0 Å². The van der Waals surface area contributed by atoms with Crippen LogP contribution in [-0.4, -0.2) is 29.4 Å². The molecule has 0 heterocycles. The Kier molecular flexibility index (Phi) is 7.55. The summed E-state index contributed by atoms with van der Waals surface area (Å²) in [4.78, 5) is 22.7. The average Bonchev–Trinajstić information content (AvgIpc) is 2.39. The van der Waals surface area contributed by atoms with Gasteiger partial charge >= 0.3 is 0 Å². The van der Waals surface area contributed by atoms with Crippen LogP contribution in [0.15, 0.2) is 5.16 Å². The molecular weight excluding hydrogens is 248 g/mol. The van der Waals surface area contributed by atoms with Crippen molar-refractivity contribution in [2.24, 2.45) is 22.0 Å². The van der Waals surface area contributed by atoms with Crippen molar-refractivity contribution >= 4 is 17.6 Å². The van der Waals surface area contributed by atoms with Gasteiger partial charge in [0, 0.05) is 13.0 Å². The molecule has 0 saturated carbocycles. The van der Waals surface area contributed by atoms with Crippen molar-refractivity contribution in [1.29, 1.82) is 0 Å². The normalized spacial score (nSPS) is 12.2. The summed E-state index contributed by atoms with van der Waals surface area (Å²) < 4.78 is 0. The molecule has 0 atom stereocenters. The minimum Gasteiger partial charge on any atom is -0.409 e. The van der Waals surface area contributed by atoms with Crippen LogP contribution in [0, 0.1) is 5.41 Å². The van der Waals surface area contributed by atoms with Crippen LogP contribution >= 0.6 is 0 Å². The van der Waals surface area contributed by atoms with Crippen LogP contribution in [0.4, 0.5) is 0 Å². The lowest BCUT2D eigenvalue weighted by Gasteiger charge is -2.28. The molecule has 0 aromatic carbocycles. The molecule has 110 valence electrons. The summed E-state index contributed by atoms with van der Waals surface area (Å²) in [6.45, 7) is 4.06. The van der Waals surface area contributed by atoms with Gasteiger partial charge in [0.25, 0.3) is 0 Å². The fourth-order valence-corrected chi connectivity index (χ4v) is 1.94. The van der Waals surface area contributed by atoms with E-state index < -0.39 is 5.41 Å². The van der Waals surface area contributed by atoms with E-state index in [2.05, 4.69) is 10.5 Å². The molecule has 19 heavy (non-hydrogen) atoms. The number of amides is 2. The van der Waals surface area contributed by atoms with E-state index in [9.17, 15) is 9.59 Å². The van der Waals surface area contributed by atoms with Gasteiger partial charge in [0.05, 0.1) is 0 Å². The van der Waals surface area contributed by atoms with Gasteiger partial charge < -0.3 is 22.0 Å². The summed E-state index contributed by atoms with van der Waals surface area (Å²) >= 11 is 0. The zero-order valence-corrected chi connectivity index (χ0v) is 11.6. The number of primary amides is 1. The van der Waals surface area contributed by atoms with Crippen molar-refractivity contribution < 1.29 is 14.8 Å². The third kappa shape index (κ3) is 4.76. The molecule has 0 rings (SSSR count). The highest BCUT2D eigenvalue weighted by atomic mass is 16.4. The second kappa shape index (κ2) is 8.34. The highest BCUT2D eigenvalue weighted by Crippen LogP contribution is 2.26. The van der Waals surface area contributed by atoms with Gasteiger partial charge in [0.1, 0.15) is 5.41 Å². The van der Waals surface area contributed by atoms with Crippen molar-refractivity contribution in [3.05, 3.63) is 0 Å². The van der Waals surface area contributed by atoms with Gasteiger partial charge in [0.2, 0.25) is 11.8 Å². The van der Waals surface area contributed by atoms with E-state index in [1.54, 1.807) is 0 Å². The topological polar surface area (TPSA) is 131 Å². The number of nitrogens with one attached hydrogen (secondary N) is 1. The number of oxime groups is 1. The molecule has 0 aliphatic heterocycles. The number of hydrogen-bond acceptors (Lipinski definition) is 4. The highest BCUT2D eigenvalue weighted by molar-refractivity contribution is 6.06. The Morgan fingerprint density at radius 3 is 2.21 bits per heavy atom. The number of unbranched alkanes of at least 4 members (excludes halogenated alkanes) is 1. The quantitative estimate of drug-likeness (QED) is 0.158. The van der Waals surface area contributed by atoms with Gasteiger partial charge in [-0.2, -0.15) is 0 Å². The van der Waals surface area contributed by atoms with E-state index in [1.165, 1.54) is 0 Å². The standard InChI is InChI=1S/C12H24N4O3/c1-3-12(4-2,10(14)16-19)11(18)15-8-6-5-7-9(13)17/h19H,3-8H2,1-2H3,(H2,13,17)(H2,14,16)(H,15,18). The van der Waals surface area contributed by atoms with E-state index in [1.807, 2.05) is 13.8 Å². The van der Waals surface area contributed by atoms with E-state index in [0.29, 0.717) is 38.6 Å². The Morgan fingerprint density at radius 2 is 1.79 bits per heavy atom. The molecule has 6 N–H and O–H groups in total. The van der Waals surface area contributed by atoms with Gasteiger partial charge in [-0.25, -0.2) is 0 Å². The van der Waals surface area contributed by atoms with Crippen molar-refractivity contribution in [3.63, 3.8) is 0 Å². The van der Waals surface area contributed by atoms with Gasteiger partial charge in [-0.05, 0) is 25.7 Å². The molecule has 0 radical (unpaired) electrons. The second-order valence-electron chi connectivity index (χ2n) is 4.45. The Hall–Kier alpha value is -1.79. The number of carbonyl (C=O) groups excluding carboxylic acids is 2. The number of nitrogens with two attached hydrogens (primary N) is 2. The Bertz CT molecular complexity index is 338. The molecule has 0 saturated heterocycles. The van der Waals surface area contributed by atoms with E-state index >= 15 is 0 Å². The molecule has 0 bridgehead atoms. The van der Waals surface area contributed by atoms with Gasteiger partial charge in [-0.1, -0.05) is 19.0 Å². The predicted octanol–water partition coefficient (Wildman–Crippen LogP) is 0.311. The maximum Gasteiger partial charge on any atom is 0.233 e. The molecule has 0 aliphatic rings. The first-order chi connectivity index (χ1) is 8.94. The van der Waals surface area contributed by atoms with Crippen LogP contribution < -0.4 is 16.8 Å². The summed E-state index contributed by atoms with van der Waals surface area (Å²) in [5.74, 6) is -0.682. The molecule has 2 amide bonds. The molecule has 7 heteroatoms. The minimum absolute atomic E-state index is 0.0767. The van der Waals surface area contributed by atoms with Crippen LogP contribution in [0.1, 0.15) is 46.0 Å². The van der Waals surface area contributed by atoms with Crippen molar-refractivity contribution in [1.82, 2.24) is 5.32 Å². The number of amidine groups is 1. The van der Waals surface area contributed by atoms with E-state index in [0.717, 1.165) is 0 Å². The Morgan fingerprint density at radius 1 is 1.21 bits per heavy atom. The molecule has 0 spiro atoms. The lowest BCUT2D eigenvalue weighted by Crippen LogP contribution is -2.49. The van der Waals surface area contributed by atoms with Crippen molar-refractivity contribution in [2.75, 3.05) is 6.54 Å². The SMILES string of the molecule is CCC(CC)(C(=O)NCCCCC(N)=O)C(N)=NO. The summed E-state index contributed by atoms with van der Waals surface area (Å²) in [5.41, 5.74) is 9.67. The van der Waals surface area contributed by atoms with E-state index in [-0.39, 0.29) is 17.6 Å². The van der Waals surface area contributed by atoms with Crippen LogP contribution in [0.25, 0.3) is 0 Å². The third-order valence-corrected chi connectivity index (χ3v) is 3.38. The fourth-order valence-electron chi connectivity index (χ4n) is 1.94. The Labute approximate surface area is 113 Å². The lowest BCUT2D eigenvalue weighted by atomic mass is 9.80. The van der Waals surface area contributed by atoms with Gasteiger partial charge in [-0.15, -0.1) is 0 Å². The summed E-state index contributed by atoms with van der Waals surface area (Å²) in [5, 5.41) is 14.5. The number of carbonyl (C=O) groups is 2. The van der Waals surface area contributed by atoms with Crippen molar-refractivity contribution in [2.45, 2.75) is 46.0 Å². The summed E-state index contributed by atoms with van der Waals surface area (Å²) in [7, 11) is 0. The number of rotatable bonds is 9. The number of hydrogen-bond donors (Lipinski definition) is 4. The first-order valence-corrected chi connectivity index (χ1v) is 6.49. The highest BCUT2D eigenvalue weighted by Gasteiger charge is 2.39. The molecule has 0 unspecified atom stereocenters. The van der Waals surface area contributed by atoms with Crippen LogP contribution in [0.5, 0.6) is 0 Å². The zero-order chi connectivity index (χ0) is 14.9. The van der Waals surface area contributed by atoms with Crippen LogP contribution in [-0.2, 0) is 9.59 Å². The predicted molar refractivity (Wildman–Crippen MR) is 72.5 cm³/mol. The molecule has 0 aromatic rings. The summed E-state index contributed by atoms with van der Waals surface area (Å²) in [6, 6.07) is 0. The monoisotopic (exact) mass is 272 g/mol. The molecule has 0 aliphatic carbocycles. The third-order valence-electron chi connectivity index (χ3n) is 3.38. The molecule has 7 nitrogen and oxygen atoms in total. The average molecular weight is 272 g/mol. The fraction of sp³-hybridized carbons (Fsp3) is 0.750.